The molecule has 1 aliphatic rings. The molecule has 1 fully saturated rings. The zero-order valence-corrected chi connectivity index (χ0v) is 12.8. The lowest BCUT2D eigenvalue weighted by atomic mass is 9.80. The Hall–Kier alpha value is -0.900. The highest BCUT2D eigenvalue weighted by molar-refractivity contribution is 4.98. The molecule has 114 valence electrons. The van der Waals surface area contributed by atoms with E-state index in [4.69, 9.17) is 4.52 Å². The summed E-state index contributed by atoms with van der Waals surface area (Å²) in [5, 5.41) is 13.8. The van der Waals surface area contributed by atoms with Crippen LogP contribution in [0.4, 0.5) is 0 Å². The van der Waals surface area contributed by atoms with E-state index in [9.17, 15) is 5.11 Å². The third kappa shape index (κ3) is 4.05. The lowest BCUT2D eigenvalue weighted by Crippen LogP contribution is -2.13. The first-order valence-corrected chi connectivity index (χ1v) is 8.26. The lowest BCUT2D eigenvalue weighted by molar-refractivity contribution is 0.152. The smallest absolute Gasteiger partial charge is 0.229 e. The Bertz CT molecular complexity index is 384. The third-order valence-electron chi connectivity index (χ3n) is 4.48. The number of hydrogen-bond acceptors (Lipinski definition) is 4. The van der Waals surface area contributed by atoms with Crippen molar-refractivity contribution >= 4 is 0 Å². The second kappa shape index (κ2) is 7.77. The molecule has 1 heterocycles. The topological polar surface area (TPSA) is 59.2 Å². The molecular weight excluding hydrogens is 252 g/mol. The van der Waals surface area contributed by atoms with Crippen LogP contribution in [-0.4, -0.2) is 15.2 Å². The molecule has 0 amide bonds. The number of aromatic nitrogens is 2. The van der Waals surface area contributed by atoms with Gasteiger partial charge in [0.1, 0.15) is 6.10 Å². The molecule has 0 saturated heterocycles. The molecule has 0 radical (unpaired) electrons. The molecule has 20 heavy (non-hydrogen) atoms. The first-order chi connectivity index (χ1) is 9.74. The lowest BCUT2D eigenvalue weighted by Gasteiger charge is -2.26. The summed E-state index contributed by atoms with van der Waals surface area (Å²) in [5.41, 5.74) is 0. The third-order valence-corrected chi connectivity index (χ3v) is 4.48. The van der Waals surface area contributed by atoms with Gasteiger partial charge in [0, 0.05) is 5.92 Å². The molecule has 2 rings (SSSR count). The fraction of sp³-hybridized carbons (Fsp3) is 0.875. The maximum atomic E-state index is 9.89. The Morgan fingerprint density at radius 3 is 2.60 bits per heavy atom. The molecule has 4 nitrogen and oxygen atoms in total. The van der Waals surface area contributed by atoms with E-state index in [2.05, 4.69) is 17.1 Å². The fourth-order valence-corrected chi connectivity index (χ4v) is 3.14. The van der Waals surface area contributed by atoms with Crippen LogP contribution in [0.1, 0.15) is 95.4 Å². The normalized spacial score (nSPS) is 24.8. The largest absolute Gasteiger partial charge is 0.385 e. The summed E-state index contributed by atoms with van der Waals surface area (Å²) in [7, 11) is 0. The van der Waals surface area contributed by atoms with Gasteiger partial charge in [-0.1, -0.05) is 44.7 Å². The molecule has 0 aliphatic heterocycles. The summed E-state index contributed by atoms with van der Waals surface area (Å²) < 4.78 is 5.37. The summed E-state index contributed by atoms with van der Waals surface area (Å²) in [5.74, 6) is 2.50. The molecule has 1 unspecified atom stereocenters. The maximum absolute atomic E-state index is 9.89. The molecule has 0 aromatic carbocycles. The monoisotopic (exact) mass is 280 g/mol. The first-order valence-electron chi connectivity index (χ1n) is 8.26. The maximum Gasteiger partial charge on any atom is 0.229 e. The molecule has 1 saturated carbocycles. The van der Waals surface area contributed by atoms with E-state index in [1.807, 2.05) is 6.92 Å². The van der Waals surface area contributed by atoms with Crippen molar-refractivity contribution < 1.29 is 9.63 Å². The average Bonchev–Trinajstić information content (AvgIpc) is 2.96. The van der Waals surface area contributed by atoms with Gasteiger partial charge in [-0.2, -0.15) is 4.98 Å². The van der Waals surface area contributed by atoms with Gasteiger partial charge >= 0.3 is 0 Å². The summed E-state index contributed by atoms with van der Waals surface area (Å²) in [6.07, 6.45) is 9.92. The SMILES string of the molecule is CCCCC1CCC(c2nc(C(O)CCC)no2)CC1. The molecule has 1 atom stereocenters. The number of rotatable bonds is 7. The van der Waals surface area contributed by atoms with Crippen molar-refractivity contribution in [1.82, 2.24) is 10.1 Å². The van der Waals surface area contributed by atoms with Gasteiger partial charge in [0.25, 0.3) is 0 Å². The van der Waals surface area contributed by atoms with Crippen LogP contribution in [0.5, 0.6) is 0 Å². The van der Waals surface area contributed by atoms with Crippen molar-refractivity contribution in [2.24, 2.45) is 5.92 Å². The average molecular weight is 280 g/mol. The van der Waals surface area contributed by atoms with E-state index in [-0.39, 0.29) is 0 Å². The van der Waals surface area contributed by atoms with Crippen LogP contribution in [0.25, 0.3) is 0 Å². The first kappa shape index (κ1) is 15.5. The van der Waals surface area contributed by atoms with Crippen LogP contribution < -0.4 is 0 Å². The predicted molar refractivity (Wildman–Crippen MR) is 78.4 cm³/mol. The van der Waals surface area contributed by atoms with E-state index < -0.39 is 6.10 Å². The summed E-state index contributed by atoms with van der Waals surface area (Å²) >= 11 is 0. The summed E-state index contributed by atoms with van der Waals surface area (Å²) in [6.45, 7) is 4.30. The van der Waals surface area contributed by atoms with Gasteiger partial charge in [-0.05, 0) is 38.0 Å². The van der Waals surface area contributed by atoms with Crippen LogP contribution >= 0.6 is 0 Å². The standard InChI is InChI=1S/C16H28N2O2/c1-3-5-7-12-8-10-13(11-9-12)16-17-15(18-20-16)14(19)6-4-2/h12-14,19H,3-11H2,1-2H3. The second-order valence-electron chi connectivity index (χ2n) is 6.16. The summed E-state index contributed by atoms with van der Waals surface area (Å²) in [6, 6.07) is 0. The molecule has 1 aromatic rings. The molecule has 1 aromatic heterocycles. The Morgan fingerprint density at radius 1 is 1.20 bits per heavy atom. The minimum absolute atomic E-state index is 0.406. The van der Waals surface area contributed by atoms with Gasteiger partial charge in [-0.3, -0.25) is 0 Å². The van der Waals surface area contributed by atoms with E-state index >= 15 is 0 Å². The fourth-order valence-electron chi connectivity index (χ4n) is 3.14. The number of aliphatic hydroxyl groups excluding tert-OH is 1. The van der Waals surface area contributed by atoms with E-state index in [1.165, 1.54) is 32.1 Å². The number of aliphatic hydroxyl groups is 1. The van der Waals surface area contributed by atoms with Crippen LogP contribution in [0.15, 0.2) is 4.52 Å². The van der Waals surface area contributed by atoms with Crippen molar-refractivity contribution in [2.45, 2.75) is 83.7 Å². The van der Waals surface area contributed by atoms with E-state index in [0.717, 1.165) is 31.1 Å². The number of unbranched alkanes of at least 4 members (excludes halogenated alkanes) is 1. The second-order valence-corrected chi connectivity index (χ2v) is 6.16. The minimum Gasteiger partial charge on any atom is -0.385 e. The van der Waals surface area contributed by atoms with Crippen molar-refractivity contribution in [2.75, 3.05) is 0 Å². The van der Waals surface area contributed by atoms with Gasteiger partial charge in [0.2, 0.25) is 5.89 Å². The highest BCUT2D eigenvalue weighted by atomic mass is 16.5. The van der Waals surface area contributed by atoms with Crippen molar-refractivity contribution in [3.05, 3.63) is 11.7 Å². The van der Waals surface area contributed by atoms with Crippen LogP contribution in [-0.2, 0) is 0 Å². The Kier molecular flexibility index (Phi) is 6.02. The van der Waals surface area contributed by atoms with Gasteiger partial charge in [0.15, 0.2) is 5.82 Å². The highest BCUT2D eigenvalue weighted by Crippen LogP contribution is 2.37. The molecular formula is C16H28N2O2. The molecule has 1 N–H and O–H groups in total. The van der Waals surface area contributed by atoms with Gasteiger partial charge < -0.3 is 9.63 Å². The van der Waals surface area contributed by atoms with Crippen molar-refractivity contribution in [3.8, 4) is 0 Å². The Labute approximate surface area is 122 Å². The van der Waals surface area contributed by atoms with E-state index in [0.29, 0.717) is 18.2 Å². The van der Waals surface area contributed by atoms with Gasteiger partial charge in [-0.15, -0.1) is 0 Å². The Balaban J connectivity index is 1.84. The highest BCUT2D eigenvalue weighted by Gasteiger charge is 2.27. The van der Waals surface area contributed by atoms with E-state index in [1.54, 1.807) is 0 Å². The number of hydrogen-bond donors (Lipinski definition) is 1. The minimum atomic E-state index is -0.571. The van der Waals surface area contributed by atoms with Gasteiger partial charge in [-0.25, -0.2) is 0 Å². The molecule has 0 bridgehead atoms. The molecule has 1 aliphatic carbocycles. The molecule has 0 spiro atoms. The van der Waals surface area contributed by atoms with Gasteiger partial charge in [0.05, 0.1) is 0 Å². The van der Waals surface area contributed by atoms with Crippen LogP contribution in [0.3, 0.4) is 0 Å². The predicted octanol–water partition coefficient (Wildman–Crippen LogP) is 4.37. The number of nitrogens with zero attached hydrogens (tertiary/aromatic N) is 2. The quantitative estimate of drug-likeness (QED) is 0.805. The van der Waals surface area contributed by atoms with Crippen LogP contribution in [0.2, 0.25) is 0 Å². The molecule has 4 heteroatoms. The zero-order chi connectivity index (χ0) is 14.4. The van der Waals surface area contributed by atoms with Crippen molar-refractivity contribution in [1.29, 1.82) is 0 Å². The Morgan fingerprint density at radius 2 is 1.95 bits per heavy atom. The van der Waals surface area contributed by atoms with Crippen LogP contribution in [0, 0.1) is 5.92 Å². The summed E-state index contributed by atoms with van der Waals surface area (Å²) in [4.78, 5) is 4.41. The zero-order valence-electron chi connectivity index (χ0n) is 12.8. The van der Waals surface area contributed by atoms with Crippen molar-refractivity contribution in [3.63, 3.8) is 0 Å².